The van der Waals surface area contributed by atoms with E-state index in [-0.39, 0.29) is 11.5 Å². The van der Waals surface area contributed by atoms with Crippen LogP contribution in [0, 0.1) is 10.8 Å². The second kappa shape index (κ2) is 16.2. The summed E-state index contributed by atoms with van der Waals surface area (Å²) >= 11 is 0. The van der Waals surface area contributed by atoms with Crippen LogP contribution in [-0.2, 0) is 0 Å². The SMILES string of the molecule is CC1=C(/C=C/C(C)=C/C=C/C(C)=C/C=C/C=C(C)/C=C/C=C(C)/C=C/C2=C(C)C[C@@H](O)C(O)C2(C)C)C(C)(C)C[C@H](O)C1. The molecule has 0 aromatic carbocycles. The van der Waals surface area contributed by atoms with E-state index in [1.807, 2.05) is 20.8 Å². The fourth-order valence-corrected chi connectivity index (χ4v) is 6.03. The molecule has 2 rings (SSSR count). The smallest absolute Gasteiger partial charge is 0.0893 e. The fourth-order valence-electron chi connectivity index (χ4n) is 6.03. The maximum atomic E-state index is 10.4. The van der Waals surface area contributed by atoms with Crippen molar-refractivity contribution in [1.29, 1.82) is 0 Å². The number of allylic oxidation sites excluding steroid dienone is 19. The third-order valence-electron chi connectivity index (χ3n) is 8.54. The van der Waals surface area contributed by atoms with Gasteiger partial charge in [-0.15, -0.1) is 0 Å². The molecule has 0 amide bonds. The second-order valence-electron chi connectivity index (χ2n) is 13.7. The third-order valence-corrected chi connectivity index (χ3v) is 8.54. The van der Waals surface area contributed by atoms with E-state index in [0.717, 1.165) is 35.1 Å². The van der Waals surface area contributed by atoms with Gasteiger partial charge >= 0.3 is 0 Å². The van der Waals surface area contributed by atoms with Crippen LogP contribution in [0.25, 0.3) is 0 Å². The topological polar surface area (TPSA) is 60.7 Å². The molecule has 0 aliphatic heterocycles. The molecule has 2 aliphatic carbocycles. The van der Waals surface area contributed by atoms with Crippen LogP contribution in [0.5, 0.6) is 0 Å². The van der Waals surface area contributed by atoms with Gasteiger partial charge in [0, 0.05) is 5.41 Å². The molecule has 0 radical (unpaired) electrons. The van der Waals surface area contributed by atoms with Crippen LogP contribution in [0.1, 0.15) is 88.5 Å². The van der Waals surface area contributed by atoms with Crippen molar-refractivity contribution in [3.8, 4) is 0 Å². The summed E-state index contributed by atoms with van der Waals surface area (Å²) in [6, 6.07) is 0. The Labute approximate surface area is 262 Å². The molecule has 3 N–H and O–H groups in total. The van der Waals surface area contributed by atoms with E-state index in [1.165, 1.54) is 22.3 Å². The van der Waals surface area contributed by atoms with Crippen molar-refractivity contribution >= 4 is 0 Å². The molecule has 0 saturated heterocycles. The minimum atomic E-state index is -0.761. The lowest BCUT2D eigenvalue weighted by Gasteiger charge is -2.40. The number of aliphatic hydroxyl groups is 3. The molecule has 2 aliphatic rings. The zero-order chi connectivity index (χ0) is 32.4. The Morgan fingerprint density at radius 1 is 0.605 bits per heavy atom. The quantitative estimate of drug-likeness (QED) is 0.224. The minimum absolute atomic E-state index is 0.00247. The van der Waals surface area contributed by atoms with Crippen LogP contribution in [0.15, 0.2) is 130 Å². The number of rotatable bonds is 10. The van der Waals surface area contributed by atoms with Crippen molar-refractivity contribution in [3.05, 3.63) is 130 Å². The Kier molecular flexibility index (Phi) is 13.6. The zero-order valence-electron chi connectivity index (χ0n) is 28.3. The van der Waals surface area contributed by atoms with E-state index in [0.29, 0.717) is 6.42 Å². The Bertz CT molecular complexity index is 1330. The molecule has 1 unspecified atom stereocenters. The van der Waals surface area contributed by atoms with Crippen LogP contribution >= 0.6 is 0 Å². The zero-order valence-corrected chi connectivity index (χ0v) is 28.3. The second-order valence-corrected chi connectivity index (χ2v) is 13.7. The van der Waals surface area contributed by atoms with Gasteiger partial charge in [0.2, 0.25) is 0 Å². The molecule has 3 atom stereocenters. The van der Waals surface area contributed by atoms with Gasteiger partial charge in [0.25, 0.3) is 0 Å². The molecule has 3 heteroatoms. The highest BCUT2D eigenvalue weighted by Gasteiger charge is 2.40. The van der Waals surface area contributed by atoms with Gasteiger partial charge in [-0.05, 0) is 77.4 Å². The number of hydrogen-bond donors (Lipinski definition) is 3. The maximum absolute atomic E-state index is 10.4. The maximum Gasteiger partial charge on any atom is 0.0893 e. The summed E-state index contributed by atoms with van der Waals surface area (Å²) in [5.41, 5.74) is 8.99. The summed E-state index contributed by atoms with van der Waals surface area (Å²) in [4.78, 5) is 0. The highest BCUT2D eigenvalue weighted by molar-refractivity contribution is 5.40. The van der Waals surface area contributed by atoms with E-state index in [1.54, 1.807) is 0 Å². The molecule has 0 bridgehead atoms. The first-order valence-corrected chi connectivity index (χ1v) is 15.6. The Balaban J connectivity index is 1.92. The normalized spacial score (nSPS) is 26.5. The van der Waals surface area contributed by atoms with Crippen LogP contribution in [0.3, 0.4) is 0 Å². The first kappa shape index (κ1) is 36.2. The van der Waals surface area contributed by atoms with Crippen molar-refractivity contribution in [2.75, 3.05) is 0 Å². The van der Waals surface area contributed by atoms with Crippen LogP contribution < -0.4 is 0 Å². The summed E-state index contributed by atoms with van der Waals surface area (Å²) in [6.45, 7) is 20.9. The lowest BCUT2D eigenvalue weighted by molar-refractivity contribution is -0.0439. The fraction of sp³-hybridized carbons (Fsp3) is 0.450. The molecule has 0 aromatic rings. The van der Waals surface area contributed by atoms with Crippen LogP contribution in [0.4, 0.5) is 0 Å². The van der Waals surface area contributed by atoms with Crippen LogP contribution in [0.2, 0.25) is 0 Å². The van der Waals surface area contributed by atoms with E-state index in [4.69, 9.17) is 0 Å². The van der Waals surface area contributed by atoms with Crippen molar-refractivity contribution < 1.29 is 15.3 Å². The first-order chi connectivity index (χ1) is 20.0. The van der Waals surface area contributed by atoms with E-state index in [2.05, 4.69) is 134 Å². The standard InChI is InChI=1S/C40H56O3/c1-28(17-13-19-30(3)21-23-35-32(5)25-34(41)27-39(35,7)8)15-11-12-16-29(2)18-14-20-31(4)22-24-36-33(6)26-37(42)38(43)40(36,9)10/h11-24,34,37-38,41-43H,25-27H2,1-10H3/b12-11+,17-13+,18-14+,23-21+,24-22+,28-15+,29-16+,30-19+,31-20+/t34-,37-,38?/m1/s1. The average molecular weight is 585 g/mol. The Morgan fingerprint density at radius 2 is 1.02 bits per heavy atom. The molecule has 0 saturated carbocycles. The number of hydrogen-bond acceptors (Lipinski definition) is 3. The summed E-state index contributed by atoms with van der Waals surface area (Å²) < 4.78 is 0. The minimum Gasteiger partial charge on any atom is -0.393 e. The lowest BCUT2D eigenvalue weighted by atomic mass is 9.69. The predicted octanol–water partition coefficient (Wildman–Crippen LogP) is 9.52. The Morgan fingerprint density at radius 3 is 1.51 bits per heavy atom. The van der Waals surface area contributed by atoms with Gasteiger partial charge in [-0.2, -0.15) is 0 Å². The van der Waals surface area contributed by atoms with Gasteiger partial charge in [-0.3, -0.25) is 0 Å². The van der Waals surface area contributed by atoms with E-state index < -0.39 is 17.6 Å². The van der Waals surface area contributed by atoms with Gasteiger partial charge in [-0.1, -0.05) is 146 Å². The van der Waals surface area contributed by atoms with Gasteiger partial charge in [0.15, 0.2) is 0 Å². The van der Waals surface area contributed by atoms with Crippen molar-refractivity contribution in [2.24, 2.45) is 10.8 Å². The summed E-state index contributed by atoms with van der Waals surface area (Å²) in [6.07, 6.45) is 29.8. The lowest BCUT2D eigenvalue weighted by Crippen LogP contribution is -2.44. The third kappa shape index (κ3) is 11.2. The molecule has 0 heterocycles. The first-order valence-electron chi connectivity index (χ1n) is 15.6. The summed E-state index contributed by atoms with van der Waals surface area (Å²) in [5, 5.41) is 30.7. The van der Waals surface area contributed by atoms with E-state index in [9.17, 15) is 15.3 Å². The summed E-state index contributed by atoms with van der Waals surface area (Å²) in [5.74, 6) is 0. The molecule has 3 nitrogen and oxygen atoms in total. The monoisotopic (exact) mass is 584 g/mol. The average Bonchev–Trinajstić information content (AvgIpc) is 2.88. The van der Waals surface area contributed by atoms with Crippen molar-refractivity contribution in [3.63, 3.8) is 0 Å². The van der Waals surface area contributed by atoms with E-state index >= 15 is 0 Å². The molecular formula is C40H56O3. The van der Waals surface area contributed by atoms with Crippen molar-refractivity contribution in [1.82, 2.24) is 0 Å². The Hall–Kier alpha value is -2.98. The molecule has 234 valence electrons. The number of aliphatic hydroxyl groups excluding tert-OH is 3. The molecular weight excluding hydrogens is 528 g/mol. The highest BCUT2D eigenvalue weighted by Crippen LogP contribution is 2.42. The molecule has 0 spiro atoms. The summed E-state index contributed by atoms with van der Waals surface area (Å²) in [7, 11) is 0. The van der Waals surface area contributed by atoms with Gasteiger partial charge < -0.3 is 15.3 Å². The van der Waals surface area contributed by atoms with Crippen molar-refractivity contribution in [2.45, 2.75) is 107 Å². The van der Waals surface area contributed by atoms with Gasteiger partial charge in [-0.25, -0.2) is 0 Å². The predicted molar refractivity (Wildman–Crippen MR) is 186 cm³/mol. The molecule has 0 fully saturated rings. The largest absolute Gasteiger partial charge is 0.393 e. The van der Waals surface area contributed by atoms with Gasteiger partial charge in [0.1, 0.15) is 0 Å². The molecule has 43 heavy (non-hydrogen) atoms. The van der Waals surface area contributed by atoms with Crippen LogP contribution in [-0.4, -0.2) is 33.6 Å². The van der Waals surface area contributed by atoms with Gasteiger partial charge in [0.05, 0.1) is 18.3 Å². The highest BCUT2D eigenvalue weighted by atomic mass is 16.3. The molecule has 0 aromatic heterocycles.